The first-order valence-corrected chi connectivity index (χ1v) is 10.6. The number of ether oxygens (including phenoxy) is 1. The first kappa shape index (κ1) is 19.9. The molecule has 1 aromatic heterocycles. The Morgan fingerprint density at radius 3 is 2.11 bits per heavy atom. The molecule has 0 saturated heterocycles. The molecule has 9 heteroatoms. The summed E-state index contributed by atoms with van der Waals surface area (Å²) in [4.78, 5) is 8.34. The van der Waals surface area contributed by atoms with E-state index >= 15 is 0 Å². The molecule has 0 aliphatic rings. The second kappa shape index (κ2) is 7.64. The lowest BCUT2D eigenvalue weighted by Crippen LogP contribution is -2.08. The molecule has 0 aliphatic heterocycles. The van der Waals surface area contributed by atoms with E-state index in [0.717, 1.165) is 6.26 Å². The molecule has 3 rings (SSSR count). The first-order chi connectivity index (χ1) is 12.7. The summed E-state index contributed by atoms with van der Waals surface area (Å²) in [5, 5.41) is 0.953. The molecule has 0 radical (unpaired) electrons. The van der Waals surface area contributed by atoms with Gasteiger partial charge in [-0.2, -0.15) is 4.98 Å². The predicted molar refractivity (Wildman–Crippen MR) is 108 cm³/mol. The van der Waals surface area contributed by atoms with Crippen LogP contribution in [-0.2, 0) is 9.84 Å². The van der Waals surface area contributed by atoms with Crippen LogP contribution in [0.3, 0.4) is 0 Å². The van der Waals surface area contributed by atoms with E-state index < -0.39 is 9.84 Å². The molecule has 0 N–H and O–H groups in total. The van der Waals surface area contributed by atoms with Crippen molar-refractivity contribution in [2.24, 2.45) is 0 Å². The highest BCUT2D eigenvalue weighted by atomic mass is 35.5. The van der Waals surface area contributed by atoms with Crippen LogP contribution in [0.4, 0.5) is 0 Å². The summed E-state index contributed by atoms with van der Waals surface area (Å²) in [6.07, 6.45) is 1.02. The summed E-state index contributed by atoms with van der Waals surface area (Å²) in [6, 6.07) is 11.8. The van der Waals surface area contributed by atoms with Crippen molar-refractivity contribution < 1.29 is 13.2 Å². The summed E-state index contributed by atoms with van der Waals surface area (Å²) < 4.78 is 29.5. The molecule has 0 spiro atoms. The van der Waals surface area contributed by atoms with Gasteiger partial charge in [-0.15, -0.1) is 0 Å². The number of methoxy groups -OCH3 is 1. The fourth-order valence-corrected chi connectivity index (χ4v) is 3.62. The Morgan fingerprint density at radius 2 is 1.56 bits per heavy atom. The van der Waals surface area contributed by atoms with Gasteiger partial charge in [-0.3, -0.25) is 0 Å². The molecule has 0 saturated carbocycles. The zero-order valence-electron chi connectivity index (χ0n) is 14.2. The Labute approximate surface area is 171 Å². The Morgan fingerprint density at radius 1 is 0.926 bits per heavy atom. The Balaban J connectivity index is 2.41. The van der Waals surface area contributed by atoms with E-state index in [-0.39, 0.29) is 11.0 Å². The molecule has 0 atom stereocenters. The molecule has 0 bridgehead atoms. The van der Waals surface area contributed by atoms with Crippen LogP contribution >= 0.6 is 34.8 Å². The van der Waals surface area contributed by atoms with Crippen LogP contribution in [0.25, 0.3) is 22.4 Å². The van der Waals surface area contributed by atoms with Crippen LogP contribution in [0.1, 0.15) is 0 Å². The van der Waals surface area contributed by atoms with Gasteiger partial charge in [0.2, 0.25) is 15.7 Å². The third-order valence-electron chi connectivity index (χ3n) is 3.70. The van der Waals surface area contributed by atoms with Gasteiger partial charge < -0.3 is 4.74 Å². The number of hydrogen-bond acceptors (Lipinski definition) is 5. The minimum absolute atomic E-state index is 0.105. The van der Waals surface area contributed by atoms with Gasteiger partial charge in [-0.25, -0.2) is 13.4 Å². The fourth-order valence-electron chi connectivity index (χ4n) is 2.49. The standard InChI is InChI=1S/C18H13Cl3N2O3S/c1-26-17-15(10-3-5-11(19)6-4-10)16(22-18(23-17)27(2,24)25)13-8-7-12(20)9-14(13)21/h3-9H,1-2H3. The molecule has 140 valence electrons. The number of benzene rings is 2. The van der Waals surface area contributed by atoms with Crippen molar-refractivity contribution >= 4 is 44.6 Å². The van der Waals surface area contributed by atoms with E-state index in [1.54, 1.807) is 42.5 Å². The van der Waals surface area contributed by atoms with Crippen molar-refractivity contribution in [1.82, 2.24) is 9.97 Å². The number of aromatic nitrogens is 2. The molecular formula is C18H13Cl3N2O3S. The van der Waals surface area contributed by atoms with Crippen LogP contribution in [0.2, 0.25) is 15.1 Å². The molecule has 0 aliphatic carbocycles. The van der Waals surface area contributed by atoms with E-state index in [1.807, 2.05) is 0 Å². The minimum atomic E-state index is -3.69. The monoisotopic (exact) mass is 442 g/mol. The number of nitrogens with zero attached hydrogens (tertiary/aromatic N) is 2. The second-order valence-corrected chi connectivity index (χ2v) is 8.83. The van der Waals surface area contributed by atoms with E-state index in [1.165, 1.54) is 7.11 Å². The van der Waals surface area contributed by atoms with Gasteiger partial charge in [-0.05, 0) is 35.9 Å². The maximum atomic E-state index is 12.1. The van der Waals surface area contributed by atoms with E-state index in [0.29, 0.717) is 37.5 Å². The van der Waals surface area contributed by atoms with Gasteiger partial charge in [0.1, 0.15) is 0 Å². The third kappa shape index (κ3) is 4.19. The Bertz CT molecular complexity index is 1120. The normalized spacial score (nSPS) is 11.4. The molecule has 0 fully saturated rings. The minimum Gasteiger partial charge on any atom is -0.480 e. The largest absolute Gasteiger partial charge is 0.480 e. The van der Waals surface area contributed by atoms with E-state index in [9.17, 15) is 8.42 Å². The molecule has 5 nitrogen and oxygen atoms in total. The topological polar surface area (TPSA) is 69.2 Å². The van der Waals surface area contributed by atoms with Gasteiger partial charge in [-0.1, -0.05) is 46.9 Å². The lowest BCUT2D eigenvalue weighted by molar-refractivity contribution is 0.393. The molecular weight excluding hydrogens is 431 g/mol. The van der Waals surface area contributed by atoms with Gasteiger partial charge in [0.15, 0.2) is 0 Å². The maximum Gasteiger partial charge on any atom is 0.250 e. The summed E-state index contributed by atoms with van der Waals surface area (Å²) in [5.74, 6) is 0.105. The highest BCUT2D eigenvalue weighted by molar-refractivity contribution is 7.90. The van der Waals surface area contributed by atoms with Crippen LogP contribution in [0, 0.1) is 0 Å². The average Bonchev–Trinajstić information content (AvgIpc) is 2.61. The molecule has 2 aromatic carbocycles. The van der Waals surface area contributed by atoms with Gasteiger partial charge in [0, 0.05) is 21.9 Å². The highest BCUT2D eigenvalue weighted by Gasteiger charge is 2.24. The molecule has 27 heavy (non-hydrogen) atoms. The van der Waals surface area contributed by atoms with Crippen molar-refractivity contribution in [3.05, 3.63) is 57.5 Å². The zero-order chi connectivity index (χ0) is 19.8. The van der Waals surface area contributed by atoms with Gasteiger partial charge >= 0.3 is 0 Å². The fraction of sp³-hybridized carbons (Fsp3) is 0.111. The Kier molecular flexibility index (Phi) is 5.63. The van der Waals surface area contributed by atoms with E-state index in [4.69, 9.17) is 39.5 Å². The van der Waals surface area contributed by atoms with Crippen LogP contribution in [0.15, 0.2) is 47.6 Å². The molecule has 3 aromatic rings. The van der Waals surface area contributed by atoms with Gasteiger partial charge in [0.05, 0.1) is 23.4 Å². The van der Waals surface area contributed by atoms with Crippen LogP contribution in [0.5, 0.6) is 5.88 Å². The predicted octanol–water partition coefficient (Wildman–Crippen LogP) is 5.18. The molecule has 0 amide bonds. The number of hydrogen-bond donors (Lipinski definition) is 0. The lowest BCUT2D eigenvalue weighted by Gasteiger charge is -2.15. The first-order valence-electron chi connectivity index (χ1n) is 7.58. The number of sulfone groups is 1. The lowest BCUT2D eigenvalue weighted by atomic mass is 10.00. The summed E-state index contributed by atoms with van der Waals surface area (Å²) in [5.41, 5.74) is 1.99. The van der Waals surface area contributed by atoms with Gasteiger partial charge in [0.25, 0.3) is 5.16 Å². The average molecular weight is 444 g/mol. The van der Waals surface area contributed by atoms with Crippen LogP contribution in [-0.4, -0.2) is 31.8 Å². The quantitative estimate of drug-likeness (QED) is 0.519. The van der Waals surface area contributed by atoms with Crippen LogP contribution < -0.4 is 4.74 Å². The van der Waals surface area contributed by atoms with Crippen molar-refractivity contribution in [3.8, 4) is 28.3 Å². The van der Waals surface area contributed by atoms with Crippen molar-refractivity contribution in [2.45, 2.75) is 5.16 Å². The number of rotatable bonds is 4. The Hall–Kier alpha value is -1.86. The second-order valence-electron chi connectivity index (χ2n) is 5.64. The summed E-state index contributed by atoms with van der Waals surface area (Å²) in [7, 11) is -2.28. The summed E-state index contributed by atoms with van der Waals surface area (Å²) >= 11 is 18.3. The van der Waals surface area contributed by atoms with Crippen molar-refractivity contribution in [1.29, 1.82) is 0 Å². The third-order valence-corrected chi connectivity index (χ3v) is 5.35. The maximum absolute atomic E-state index is 12.1. The number of halogens is 3. The zero-order valence-corrected chi connectivity index (χ0v) is 17.3. The van der Waals surface area contributed by atoms with E-state index in [2.05, 4.69) is 9.97 Å². The smallest absolute Gasteiger partial charge is 0.250 e. The highest BCUT2D eigenvalue weighted by Crippen LogP contribution is 2.41. The SMILES string of the molecule is COc1nc(S(C)(=O)=O)nc(-c2ccc(Cl)cc2Cl)c1-c1ccc(Cl)cc1. The molecule has 0 unspecified atom stereocenters. The van der Waals surface area contributed by atoms with Crippen molar-refractivity contribution in [2.75, 3.05) is 13.4 Å². The summed E-state index contributed by atoms with van der Waals surface area (Å²) in [6.45, 7) is 0. The van der Waals surface area contributed by atoms with Crippen molar-refractivity contribution in [3.63, 3.8) is 0 Å². The molecule has 1 heterocycles.